The number of nitrogens with one attached hydrogen (secondary N) is 1. The highest BCUT2D eigenvalue weighted by molar-refractivity contribution is 5.86. The number of aryl methyl sites for hydroxylation is 1. The fourth-order valence-electron chi connectivity index (χ4n) is 3.17. The number of fused-ring (bicyclic) bond motifs is 1. The van der Waals surface area contributed by atoms with Gasteiger partial charge in [-0.2, -0.15) is 0 Å². The molecule has 0 aliphatic carbocycles. The Labute approximate surface area is 132 Å². The summed E-state index contributed by atoms with van der Waals surface area (Å²) in [7, 11) is 0. The van der Waals surface area contributed by atoms with Crippen molar-refractivity contribution in [1.29, 1.82) is 0 Å². The number of benzene rings is 1. The van der Waals surface area contributed by atoms with Gasteiger partial charge in [0.2, 0.25) is 5.91 Å². The van der Waals surface area contributed by atoms with E-state index in [0.717, 1.165) is 23.0 Å². The molecule has 0 aliphatic heterocycles. The van der Waals surface area contributed by atoms with Gasteiger partial charge in [0, 0.05) is 10.9 Å². The molecule has 4 heteroatoms. The zero-order valence-corrected chi connectivity index (χ0v) is 14.4. The molecular formula is C18H26N2O2. The van der Waals surface area contributed by atoms with Crippen molar-refractivity contribution >= 4 is 16.9 Å². The smallest absolute Gasteiger partial charge is 0.226 e. The molecule has 2 rings (SSSR count). The molecule has 0 radical (unpaired) electrons. The van der Waals surface area contributed by atoms with Crippen LogP contribution in [0.25, 0.3) is 11.0 Å². The van der Waals surface area contributed by atoms with E-state index in [2.05, 4.69) is 45.1 Å². The lowest BCUT2D eigenvalue weighted by molar-refractivity contribution is -0.122. The highest BCUT2D eigenvalue weighted by Crippen LogP contribution is 2.27. The third kappa shape index (κ3) is 4.33. The maximum atomic E-state index is 12.3. The number of aromatic nitrogens is 1. The maximum absolute atomic E-state index is 12.3. The number of nitrogens with zero attached hydrogens (tertiary/aromatic N) is 1. The van der Waals surface area contributed by atoms with Gasteiger partial charge in [0.1, 0.15) is 5.69 Å². The van der Waals surface area contributed by atoms with Crippen molar-refractivity contribution in [3.8, 4) is 0 Å². The van der Waals surface area contributed by atoms with Gasteiger partial charge in [0.25, 0.3) is 0 Å². The quantitative estimate of drug-likeness (QED) is 0.928. The predicted molar refractivity (Wildman–Crippen MR) is 88.7 cm³/mol. The lowest BCUT2D eigenvalue weighted by Crippen LogP contribution is -2.46. The van der Waals surface area contributed by atoms with E-state index in [4.69, 9.17) is 4.52 Å². The second-order valence-corrected chi connectivity index (χ2v) is 7.98. The second kappa shape index (κ2) is 5.75. The first-order valence-corrected chi connectivity index (χ1v) is 7.72. The second-order valence-electron chi connectivity index (χ2n) is 7.98. The van der Waals surface area contributed by atoms with Crippen molar-refractivity contribution < 1.29 is 9.32 Å². The molecule has 0 spiro atoms. The van der Waals surface area contributed by atoms with Crippen LogP contribution >= 0.6 is 0 Å². The van der Waals surface area contributed by atoms with Crippen molar-refractivity contribution in [2.24, 2.45) is 5.41 Å². The monoisotopic (exact) mass is 302 g/mol. The molecule has 1 aromatic heterocycles. The SMILES string of the molecule is Cc1ccc2onc(CC(=O)NC(C)(C)CC(C)(C)C)c2c1. The zero-order chi connectivity index (χ0) is 16.5. The first-order chi connectivity index (χ1) is 10.1. The average Bonchev–Trinajstić information content (AvgIpc) is 2.67. The van der Waals surface area contributed by atoms with Gasteiger partial charge in [-0.05, 0) is 44.7 Å². The normalized spacial score (nSPS) is 12.6. The summed E-state index contributed by atoms with van der Waals surface area (Å²) in [6, 6.07) is 5.88. The first-order valence-electron chi connectivity index (χ1n) is 7.72. The summed E-state index contributed by atoms with van der Waals surface area (Å²) in [6.07, 6.45) is 1.15. The van der Waals surface area contributed by atoms with Crippen molar-refractivity contribution in [2.75, 3.05) is 0 Å². The van der Waals surface area contributed by atoms with E-state index in [9.17, 15) is 4.79 Å². The molecule has 0 aliphatic rings. The Kier molecular flexibility index (Phi) is 4.32. The van der Waals surface area contributed by atoms with Crippen LogP contribution in [0.4, 0.5) is 0 Å². The minimum Gasteiger partial charge on any atom is -0.356 e. The van der Waals surface area contributed by atoms with Crippen LogP contribution in [-0.4, -0.2) is 16.6 Å². The van der Waals surface area contributed by atoms with Gasteiger partial charge in [-0.1, -0.05) is 37.6 Å². The van der Waals surface area contributed by atoms with E-state index in [1.54, 1.807) is 0 Å². The van der Waals surface area contributed by atoms with E-state index in [0.29, 0.717) is 5.69 Å². The van der Waals surface area contributed by atoms with Gasteiger partial charge in [-0.15, -0.1) is 0 Å². The molecule has 1 heterocycles. The van der Waals surface area contributed by atoms with E-state index in [1.165, 1.54) is 0 Å². The first kappa shape index (κ1) is 16.5. The number of amides is 1. The van der Waals surface area contributed by atoms with Gasteiger partial charge in [-0.25, -0.2) is 0 Å². The van der Waals surface area contributed by atoms with Gasteiger partial charge in [0.05, 0.1) is 6.42 Å². The standard InChI is InChI=1S/C18H26N2O2/c1-12-7-8-15-13(9-12)14(20-22-15)10-16(21)19-18(5,6)11-17(2,3)4/h7-9H,10-11H2,1-6H3,(H,19,21). The van der Waals surface area contributed by atoms with Gasteiger partial charge in [0.15, 0.2) is 5.58 Å². The highest BCUT2D eigenvalue weighted by atomic mass is 16.5. The number of carbonyl (C=O) groups excluding carboxylic acids is 1. The summed E-state index contributed by atoms with van der Waals surface area (Å²) in [4.78, 5) is 12.3. The summed E-state index contributed by atoms with van der Waals surface area (Å²) < 4.78 is 5.29. The lowest BCUT2D eigenvalue weighted by atomic mass is 9.81. The third-order valence-electron chi connectivity index (χ3n) is 3.48. The number of hydrogen-bond acceptors (Lipinski definition) is 3. The number of hydrogen-bond donors (Lipinski definition) is 1. The van der Waals surface area contributed by atoms with Crippen LogP contribution in [0.15, 0.2) is 22.7 Å². The van der Waals surface area contributed by atoms with Crippen LogP contribution in [0.5, 0.6) is 0 Å². The molecule has 2 aromatic rings. The molecule has 4 nitrogen and oxygen atoms in total. The van der Waals surface area contributed by atoms with Crippen LogP contribution in [0.2, 0.25) is 0 Å². The molecule has 1 aromatic carbocycles. The van der Waals surface area contributed by atoms with Crippen molar-refractivity contribution in [2.45, 2.75) is 59.9 Å². The minimum absolute atomic E-state index is 0.0223. The third-order valence-corrected chi connectivity index (χ3v) is 3.48. The van der Waals surface area contributed by atoms with E-state index in [-0.39, 0.29) is 23.3 Å². The van der Waals surface area contributed by atoms with E-state index < -0.39 is 0 Å². The molecule has 1 amide bonds. The van der Waals surface area contributed by atoms with Crippen LogP contribution in [0.3, 0.4) is 0 Å². The Balaban J connectivity index is 2.09. The maximum Gasteiger partial charge on any atom is 0.226 e. The molecule has 0 saturated carbocycles. The van der Waals surface area contributed by atoms with Crippen molar-refractivity contribution in [3.63, 3.8) is 0 Å². The average molecular weight is 302 g/mol. The highest BCUT2D eigenvalue weighted by Gasteiger charge is 2.27. The molecule has 22 heavy (non-hydrogen) atoms. The van der Waals surface area contributed by atoms with E-state index >= 15 is 0 Å². The van der Waals surface area contributed by atoms with Crippen LogP contribution in [0.1, 0.15) is 52.3 Å². The molecule has 120 valence electrons. The number of rotatable bonds is 4. The largest absolute Gasteiger partial charge is 0.356 e. The molecule has 0 fully saturated rings. The molecular weight excluding hydrogens is 276 g/mol. The molecule has 0 saturated heterocycles. The molecule has 0 atom stereocenters. The zero-order valence-electron chi connectivity index (χ0n) is 14.4. The summed E-state index contributed by atoms with van der Waals surface area (Å²) in [5, 5.41) is 8.08. The van der Waals surface area contributed by atoms with Crippen LogP contribution in [0, 0.1) is 12.3 Å². The minimum atomic E-state index is -0.245. The van der Waals surface area contributed by atoms with Gasteiger partial charge < -0.3 is 9.84 Å². The van der Waals surface area contributed by atoms with Crippen LogP contribution in [-0.2, 0) is 11.2 Å². The summed E-state index contributed by atoms with van der Waals surface area (Å²) in [5.74, 6) is -0.0223. The van der Waals surface area contributed by atoms with Crippen molar-refractivity contribution in [1.82, 2.24) is 10.5 Å². The fourth-order valence-corrected chi connectivity index (χ4v) is 3.17. The molecule has 0 bridgehead atoms. The summed E-state index contributed by atoms with van der Waals surface area (Å²) >= 11 is 0. The Bertz CT molecular complexity index is 678. The molecule has 1 N–H and O–H groups in total. The Morgan fingerprint density at radius 2 is 1.91 bits per heavy atom. The van der Waals surface area contributed by atoms with Gasteiger partial charge >= 0.3 is 0 Å². The Morgan fingerprint density at radius 1 is 1.23 bits per heavy atom. The summed E-state index contributed by atoms with van der Waals surface area (Å²) in [6.45, 7) is 12.7. The predicted octanol–water partition coefficient (Wildman–Crippen LogP) is 4.01. The fraction of sp³-hybridized carbons (Fsp3) is 0.556. The topological polar surface area (TPSA) is 55.1 Å². The molecule has 0 unspecified atom stereocenters. The number of carbonyl (C=O) groups is 1. The lowest BCUT2D eigenvalue weighted by Gasteiger charge is -2.33. The Hall–Kier alpha value is -1.84. The summed E-state index contributed by atoms with van der Waals surface area (Å²) in [5.41, 5.74) is 2.47. The van der Waals surface area contributed by atoms with Gasteiger partial charge in [-0.3, -0.25) is 4.79 Å². The Morgan fingerprint density at radius 3 is 2.55 bits per heavy atom. The van der Waals surface area contributed by atoms with E-state index in [1.807, 2.05) is 25.1 Å². The van der Waals surface area contributed by atoms with Crippen LogP contribution < -0.4 is 5.32 Å². The van der Waals surface area contributed by atoms with Crippen molar-refractivity contribution in [3.05, 3.63) is 29.5 Å².